The molecule has 27 heavy (non-hydrogen) atoms. The summed E-state index contributed by atoms with van der Waals surface area (Å²) in [5.41, 5.74) is 0.777. The van der Waals surface area contributed by atoms with Gasteiger partial charge >= 0.3 is 5.69 Å². The number of aromatic amines is 2. The number of carbonyl (C=O) groups excluding carboxylic acids is 1. The molecule has 7 nitrogen and oxygen atoms in total. The van der Waals surface area contributed by atoms with Crippen molar-refractivity contribution < 1.29 is 4.79 Å². The molecular weight excluding hydrogens is 344 g/mol. The number of carbonyl (C=O) groups is 1. The number of hydrogen-bond donors (Lipinski definition) is 2. The van der Waals surface area contributed by atoms with E-state index in [4.69, 9.17) is 0 Å². The minimum absolute atomic E-state index is 0.00809. The second-order valence-corrected chi connectivity index (χ2v) is 6.63. The van der Waals surface area contributed by atoms with Gasteiger partial charge in [0.05, 0.1) is 5.39 Å². The molecule has 1 aromatic carbocycles. The molecule has 7 heteroatoms. The van der Waals surface area contributed by atoms with Crippen LogP contribution in [-0.4, -0.2) is 31.8 Å². The second kappa shape index (κ2) is 7.57. The van der Waals surface area contributed by atoms with Crippen LogP contribution in [-0.2, 0) is 6.54 Å². The third-order valence-electron chi connectivity index (χ3n) is 4.70. The van der Waals surface area contributed by atoms with Gasteiger partial charge in [0.15, 0.2) is 0 Å². The molecule has 3 aromatic rings. The molecular formula is C20H22N4O3. The van der Waals surface area contributed by atoms with Gasteiger partial charge in [-0.05, 0) is 37.5 Å². The number of pyridine rings is 1. The summed E-state index contributed by atoms with van der Waals surface area (Å²) in [5, 5.41) is 0.282. The summed E-state index contributed by atoms with van der Waals surface area (Å²) in [7, 11) is 0. The molecule has 2 aromatic heterocycles. The Morgan fingerprint density at radius 2 is 1.89 bits per heavy atom. The van der Waals surface area contributed by atoms with E-state index in [1.165, 1.54) is 0 Å². The van der Waals surface area contributed by atoms with E-state index in [0.717, 1.165) is 12.0 Å². The minimum Gasteiger partial charge on any atom is -0.330 e. The van der Waals surface area contributed by atoms with Crippen LogP contribution in [0.15, 0.2) is 46.0 Å². The lowest BCUT2D eigenvalue weighted by molar-refractivity contribution is 0.0665. The van der Waals surface area contributed by atoms with Gasteiger partial charge in [0.25, 0.3) is 11.5 Å². The highest BCUT2D eigenvalue weighted by Crippen LogP contribution is 2.17. The fourth-order valence-corrected chi connectivity index (χ4v) is 3.04. The minimum atomic E-state index is -0.646. The van der Waals surface area contributed by atoms with E-state index >= 15 is 0 Å². The molecule has 0 aliphatic carbocycles. The summed E-state index contributed by atoms with van der Waals surface area (Å²) in [4.78, 5) is 47.5. The number of rotatable bonds is 5. The third-order valence-corrected chi connectivity index (χ3v) is 4.70. The van der Waals surface area contributed by atoms with Crippen LogP contribution in [0.1, 0.15) is 41.9 Å². The first kappa shape index (κ1) is 18.6. The Balaban J connectivity index is 2.05. The maximum Gasteiger partial charge on any atom is 0.327 e. The standard InChI is InChI=1S/C20H22N4O3/c1-4-13(3)24(11-14-8-6-5-7-9-14)19(26)15-10-12(2)16-17(21-15)22-20(27)23-18(16)25/h5-10,13H,4,11H2,1-3H3,(H2,21,22,23,25,27). The molecule has 0 fully saturated rings. The number of nitrogens with zero attached hydrogens (tertiary/aromatic N) is 2. The molecule has 0 aliphatic rings. The van der Waals surface area contributed by atoms with E-state index in [2.05, 4.69) is 15.0 Å². The number of aromatic nitrogens is 3. The normalized spacial score (nSPS) is 12.1. The topological polar surface area (TPSA) is 98.9 Å². The van der Waals surface area contributed by atoms with Gasteiger partial charge in [0, 0.05) is 12.6 Å². The van der Waals surface area contributed by atoms with Crippen molar-refractivity contribution in [3.63, 3.8) is 0 Å². The predicted molar refractivity (Wildman–Crippen MR) is 104 cm³/mol. The summed E-state index contributed by atoms with van der Waals surface area (Å²) in [5.74, 6) is -0.237. The summed E-state index contributed by atoms with van der Waals surface area (Å²) in [6, 6.07) is 11.3. The van der Waals surface area contributed by atoms with Crippen LogP contribution in [0.4, 0.5) is 0 Å². The molecule has 0 aliphatic heterocycles. The van der Waals surface area contributed by atoms with Crippen LogP contribution < -0.4 is 11.2 Å². The Labute approximate surface area is 156 Å². The first-order valence-electron chi connectivity index (χ1n) is 8.89. The average Bonchev–Trinajstić information content (AvgIpc) is 2.64. The van der Waals surface area contributed by atoms with Gasteiger partial charge in [-0.25, -0.2) is 9.78 Å². The van der Waals surface area contributed by atoms with Crippen LogP contribution in [0, 0.1) is 6.92 Å². The highest BCUT2D eigenvalue weighted by atomic mass is 16.2. The summed E-state index contributed by atoms with van der Waals surface area (Å²) in [6.07, 6.45) is 0.793. The van der Waals surface area contributed by atoms with E-state index in [9.17, 15) is 14.4 Å². The zero-order chi connectivity index (χ0) is 19.6. The number of amides is 1. The van der Waals surface area contributed by atoms with E-state index in [1.807, 2.05) is 44.2 Å². The smallest absolute Gasteiger partial charge is 0.327 e. The van der Waals surface area contributed by atoms with Crippen LogP contribution in [0.5, 0.6) is 0 Å². The highest BCUT2D eigenvalue weighted by molar-refractivity contribution is 5.95. The Morgan fingerprint density at radius 3 is 2.56 bits per heavy atom. The number of H-pyrrole nitrogens is 2. The van der Waals surface area contributed by atoms with E-state index in [1.54, 1.807) is 17.9 Å². The van der Waals surface area contributed by atoms with Crippen molar-refractivity contribution in [1.29, 1.82) is 0 Å². The molecule has 0 saturated carbocycles. The molecule has 0 saturated heterocycles. The quantitative estimate of drug-likeness (QED) is 0.724. The zero-order valence-electron chi connectivity index (χ0n) is 15.6. The van der Waals surface area contributed by atoms with E-state index in [0.29, 0.717) is 12.1 Å². The van der Waals surface area contributed by atoms with Crippen molar-refractivity contribution in [3.05, 3.63) is 74.1 Å². The summed E-state index contributed by atoms with van der Waals surface area (Å²) < 4.78 is 0. The lowest BCUT2D eigenvalue weighted by Gasteiger charge is -2.28. The number of aryl methyl sites for hydroxylation is 1. The van der Waals surface area contributed by atoms with Gasteiger partial charge < -0.3 is 4.90 Å². The van der Waals surface area contributed by atoms with Gasteiger partial charge in [-0.2, -0.15) is 0 Å². The van der Waals surface area contributed by atoms with Gasteiger partial charge in [0.1, 0.15) is 11.3 Å². The number of hydrogen-bond acceptors (Lipinski definition) is 4. The Hall–Kier alpha value is -3.22. The highest BCUT2D eigenvalue weighted by Gasteiger charge is 2.23. The van der Waals surface area contributed by atoms with Gasteiger partial charge in [-0.1, -0.05) is 37.3 Å². The average molecular weight is 366 g/mol. The monoisotopic (exact) mass is 366 g/mol. The fourth-order valence-electron chi connectivity index (χ4n) is 3.04. The molecule has 1 atom stereocenters. The number of fused-ring (bicyclic) bond motifs is 1. The molecule has 0 bridgehead atoms. The summed E-state index contributed by atoms with van der Waals surface area (Å²) in [6.45, 7) is 6.19. The van der Waals surface area contributed by atoms with Gasteiger partial charge in [0.2, 0.25) is 0 Å². The Morgan fingerprint density at radius 1 is 1.19 bits per heavy atom. The van der Waals surface area contributed by atoms with Crippen LogP contribution in [0.25, 0.3) is 11.0 Å². The van der Waals surface area contributed by atoms with Crippen molar-refractivity contribution in [2.75, 3.05) is 0 Å². The number of nitrogens with one attached hydrogen (secondary N) is 2. The van der Waals surface area contributed by atoms with E-state index in [-0.39, 0.29) is 28.7 Å². The molecule has 2 N–H and O–H groups in total. The maximum atomic E-state index is 13.2. The SMILES string of the molecule is CCC(C)N(Cc1ccccc1)C(=O)c1cc(C)c2c(=O)[nH]c(=O)[nH]c2n1. The largest absolute Gasteiger partial charge is 0.330 e. The van der Waals surface area contributed by atoms with Gasteiger partial charge in [-0.3, -0.25) is 19.6 Å². The van der Waals surface area contributed by atoms with Crippen molar-refractivity contribution in [1.82, 2.24) is 19.9 Å². The molecule has 2 heterocycles. The van der Waals surface area contributed by atoms with Crippen molar-refractivity contribution in [2.45, 2.75) is 39.8 Å². The predicted octanol–water partition coefficient (Wildman–Crippen LogP) is 2.36. The molecule has 3 rings (SSSR count). The molecule has 0 spiro atoms. The van der Waals surface area contributed by atoms with Crippen LogP contribution in [0.2, 0.25) is 0 Å². The van der Waals surface area contributed by atoms with Crippen LogP contribution in [0.3, 0.4) is 0 Å². The van der Waals surface area contributed by atoms with Gasteiger partial charge in [-0.15, -0.1) is 0 Å². The third kappa shape index (κ3) is 3.81. The Bertz CT molecular complexity index is 1090. The lowest BCUT2D eigenvalue weighted by Crippen LogP contribution is -2.38. The van der Waals surface area contributed by atoms with Crippen molar-refractivity contribution in [2.24, 2.45) is 0 Å². The summed E-state index contributed by atoms with van der Waals surface area (Å²) >= 11 is 0. The lowest BCUT2D eigenvalue weighted by atomic mass is 10.1. The maximum absolute atomic E-state index is 13.2. The Kier molecular flexibility index (Phi) is 5.21. The zero-order valence-corrected chi connectivity index (χ0v) is 15.6. The molecule has 0 radical (unpaired) electrons. The molecule has 1 unspecified atom stereocenters. The molecule has 140 valence electrons. The van der Waals surface area contributed by atoms with Crippen molar-refractivity contribution in [3.8, 4) is 0 Å². The molecule has 1 amide bonds. The first-order chi connectivity index (χ1) is 12.9. The second-order valence-electron chi connectivity index (χ2n) is 6.63. The van der Waals surface area contributed by atoms with Crippen molar-refractivity contribution >= 4 is 16.9 Å². The van der Waals surface area contributed by atoms with Crippen LogP contribution >= 0.6 is 0 Å². The van der Waals surface area contributed by atoms with E-state index < -0.39 is 11.2 Å². The first-order valence-corrected chi connectivity index (χ1v) is 8.89. The fraction of sp³-hybridized carbons (Fsp3) is 0.300. The number of benzene rings is 1.